The number of hydrogen-bond donors (Lipinski definition) is 0. The first-order valence-electron chi connectivity index (χ1n) is 4.61. The van der Waals surface area contributed by atoms with Crippen LogP contribution in [0.2, 0.25) is 0 Å². The highest BCUT2D eigenvalue weighted by Gasteiger charge is 2.15. The molecule has 3 nitrogen and oxygen atoms in total. The zero-order valence-electron chi connectivity index (χ0n) is 8.05. The van der Waals surface area contributed by atoms with Gasteiger partial charge in [-0.1, -0.05) is 6.07 Å². The van der Waals surface area contributed by atoms with Gasteiger partial charge in [-0.25, -0.2) is 4.98 Å². The molecule has 0 unspecified atom stereocenters. The van der Waals surface area contributed by atoms with Crippen LogP contribution in [-0.2, 0) is 17.9 Å². The smallest absolute Gasteiger partial charge is 0.135 e. The van der Waals surface area contributed by atoms with Gasteiger partial charge in [-0.05, 0) is 11.4 Å². The lowest BCUT2D eigenvalue weighted by molar-refractivity contribution is 0.0822. The van der Waals surface area contributed by atoms with Gasteiger partial charge >= 0.3 is 0 Å². The van der Waals surface area contributed by atoms with E-state index in [0.717, 1.165) is 19.0 Å². The summed E-state index contributed by atoms with van der Waals surface area (Å²) in [5.74, 6) is 1.04. The predicted molar refractivity (Wildman–Crippen MR) is 62.4 cm³/mol. The van der Waals surface area contributed by atoms with E-state index in [9.17, 15) is 0 Å². The highest BCUT2D eigenvalue weighted by Crippen LogP contribution is 2.26. The van der Waals surface area contributed by atoms with E-state index in [2.05, 4.69) is 27.1 Å². The molecular formula is C10H11ClN2OS. The lowest BCUT2D eigenvalue weighted by Crippen LogP contribution is -2.17. The van der Waals surface area contributed by atoms with Gasteiger partial charge in [-0.2, -0.15) is 0 Å². The molecule has 3 heterocycles. The van der Waals surface area contributed by atoms with Crippen LogP contribution in [0.25, 0.3) is 10.6 Å². The zero-order chi connectivity index (χ0) is 9.38. The Hall–Kier alpha value is -0.840. The molecule has 1 aliphatic heterocycles. The monoisotopic (exact) mass is 242 g/mol. The third-order valence-electron chi connectivity index (χ3n) is 2.40. The molecule has 0 radical (unpaired) electrons. The molecule has 0 bridgehead atoms. The standard InChI is InChI=1S/C10H10N2OS.ClH/c1-2-9(14-5-1)8-6-11-10-7-13-4-3-12(8)10;/h1-2,5-6H,3-4,7H2;1H. The number of hydrogen-bond acceptors (Lipinski definition) is 3. The van der Waals surface area contributed by atoms with Crippen LogP contribution in [0.1, 0.15) is 5.82 Å². The van der Waals surface area contributed by atoms with Crippen molar-refractivity contribution < 1.29 is 4.74 Å². The fourth-order valence-electron chi connectivity index (χ4n) is 1.72. The van der Waals surface area contributed by atoms with Crippen molar-refractivity contribution in [3.63, 3.8) is 0 Å². The zero-order valence-corrected chi connectivity index (χ0v) is 9.68. The van der Waals surface area contributed by atoms with Gasteiger partial charge in [0.25, 0.3) is 0 Å². The van der Waals surface area contributed by atoms with Crippen molar-refractivity contribution in [3.8, 4) is 10.6 Å². The van der Waals surface area contributed by atoms with Crippen molar-refractivity contribution in [1.29, 1.82) is 0 Å². The highest BCUT2D eigenvalue weighted by atomic mass is 35.5. The summed E-state index contributed by atoms with van der Waals surface area (Å²) in [6.45, 7) is 2.36. The molecule has 80 valence electrons. The van der Waals surface area contributed by atoms with Gasteiger partial charge in [-0.15, -0.1) is 23.7 Å². The van der Waals surface area contributed by atoms with E-state index in [-0.39, 0.29) is 12.4 Å². The summed E-state index contributed by atoms with van der Waals surface area (Å²) in [6, 6.07) is 4.20. The normalized spacial score (nSPS) is 14.4. The summed E-state index contributed by atoms with van der Waals surface area (Å²) in [7, 11) is 0. The second-order valence-corrected chi connectivity index (χ2v) is 4.19. The van der Waals surface area contributed by atoms with Gasteiger partial charge < -0.3 is 9.30 Å². The minimum Gasteiger partial charge on any atom is -0.372 e. The molecular weight excluding hydrogens is 232 g/mol. The molecule has 1 aliphatic rings. The molecule has 0 N–H and O–H groups in total. The van der Waals surface area contributed by atoms with E-state index in [1.807, 2.05) is 6.20 Å². The summed E-state index contributed by atoms with van der Waals surface area (Å²) in [6.07, 6.45) is 1.94. The first kappa shape index (κ1) is 10.7. The van der Waals surface area contributed by atoms with Crippen molar-refractivity contribution in [2.45, 2.75) is 13.2 Å². The fourth-order valence-corrected chi connectivity index (χ4v) is 2.46. The van der Waals surface area contributed by atoms with E-state index < -0.39 is 0 Å². The topological polar surface area (TPSA) is 27.1 Å². The molecule has 5 heteroatoms. The van der Waals surface area contributed by atoms with Crippen LogP contribution in [0.3, 0.4) is 0 Å². The molecule has 0 aromatic carbocycles. The maximum atomic E-state index is 5.35. The second kappa shape index (κ2) is 4.35. The van der Waals surface area contributed by atoms with Gasteiger partial charge in [0.2, 0.25) is 0 Å². The van der Waals surface area contributed by atoms with Crippen molar-refractivity contribution in [1.82, 2.24) is 9.55 Å². The predicted octanol–water partition coefficient (Wildman–Crippen LogP) is 2.56. The molecule has 2 aromatic heterocycles. The molecule has 0 aliphatic carbocycles. The number of nitrogens with zero attached hydrogens (tertiary/aromatic N) is 2. The van der Waals surface area contributed by atoms with Crippen molar-refractivity contribution in [2.75, 3.05) is 6.61 Å². The molecule has 0 atom stereocenters. The number of rotatable bonds is 1. The lowest BCUT2D eigenvalue weighted by Gasteiger charge is -2.16. The van der Waals surface area contributed by atoms with E-state index in [0.29, 0.717) is 6.61 Å². The van der Waals surface area contributed by atoms with Crippen LogP contribution >= 0.6 is 23.7 Å². The summed E-state index contributed by atoms with van der Waals surface area (Å²) < 4.78 is 7.59. The second-order valence-electron chi connectivity index (χ2n) is 3.24. The molecule has 0 spiro atoms. The molecule has 0 saturated carbocycles. The highest BCUT2D eigenvalue weighted by molar-refractivity contribution is 7.13. The third-order valence-corrected chi connectivity index (χ3v) is 3.29. The molecule has 15 heavy (non-hydrogen) atoms. The molecule has 0 fully saturated rings. The van der Waals surface area contributed by atoms with Gasteiger partial charge in [0, 0.05) is 6.54 Å². The van der Waals surface area contributed by atoms with E-state index in [1.54, 1.807) is 11.3 Å². The van der Waals surface area contributed by atoms with Crippen LogP contribution in [0.15, 0.2) is 23.7 Å². The number of thiophene rings is 1. The maximum Gasteiger partial charge on any atom is 0.135 e. The Labute approximate surface area is 98.1 Å². The lowest BCUT2D eigenvalue weighted by atomic mass is 10.3. The number of fused-ring (bicyclic) bond motifs is 1. The van der Waals surface area contributed by atoms with Crippen molar-refractivity contribution >= 4 is 23.7 Å². The first-order valence-corrected chi connectivity index (χ1v) is 5.49. The number of imidazole rings is 1. The van der Waals surface area contributed by atoms with Gasteiger partial charge in [-0.3, -0.25) is 0 Å². The van der Waals surface area contributed by atoms with Gasteiger partial charge in [0.1, 0.15) is 12.4 Å². The molecule has 0 saturated heterocycles. The van der Waals surface area contributed by atoms with Gasteiger partial charge in [0.05, 0.1) is 23.4 Å². The van der Waals surface area contributed by atoms with Crippen LogP contribution < -0.4 is 0 Å². The summed E-state index contributed by atoms with van der Waals surface area (Å²) in [5.41, 5.74) is 1.22. The Bertz CT molecular complexity index is 438. The molecule has 2 aromatic rings. The number of ether oxygens (including phenoxy) is 1. The molecule has 3 rings (SSSR count). The van der Waals surface area contributed by atoms with Crippen LogP contribution in [0.5, 0.6) is 0 Å². The minimum atomic E-state index is 0. The summed E-state index contributed by atoms with van der Waals surface area (Å²) in [5, 5.41) is 2.09. The Kier molecular flexibility index (Phi) is 3.09. The largest absolute Gasteiger partial charge is 0.372 e. The number of aromatic nitrogens is 2. The quantitative estimate of drug-likeness (QED) is 0.769. The molecule has 0 amide bonds. The van der Waals surface area contributed by atoms with Crippen molar-refractivity contribution in [3.05, 3.63) is 29.5 Å². The Morgan fingerprint density at radius 2 is 2.40 bits per heavy atom. The van der Waals surface area contributed by atoms with Crippen LogP contribution in [-0.4, -0.2) is 16.2 Å². The van der Waals surface area contributed by atoms with Crippen LogP contribution in [0.4, 0.5) is 0 Å². The third kappa shape index (κ3) is 1.80. The van der Waals surface area contributed by atoms with Crippen molar-refractivity contribution in [2.24, 2.45) is 0 Å². The van der Waals surface area contributed by atoms with Gasteiger partial charge in [0.15, 0.2) is 0 Å². The number of halogens is 1. The maximum absolute atomic E-state index is 5.35. The van der Waals surface area contributed by atoms with E-state index >= 15 is 0 Å². The fraction of sp³-hybridized carbons (Fsp3) is 0.300. The Morgan fingerprint density at radius 3 is 3.20 bits per heavy atom. The Morgan fingerprint density at radius 1 is 1.47 bits per heavy atom. The Balaban J connectivity index is 0.000000853. The summed E-state index contributed by atoms with van der Waals surface area (Å²) >= 11 is 1.75. The average Bonchev–Trinajstić information content (AvgIpc) is 2.85. The first-order chi connectivity index (χ1) is 6.95. The van der Waals surface area contributed by atoms with Crippen LogP contribution in [0, 0.1) is 0 Å². The van der Waals surface area contributed by atoms with E-state index in [4.69, 9.17) is 4.74 Å². The SMILES string of the molecule is Cl.c1csc(-c2cnc3n2CCOC3)c1. The summed E-state index contributed by atoms with van der Waals surface area (Å²) in [4.78, 5) is 5.64. The average molecular weight is 243 g/mol. The van der Waals surface area contributed by atoms with E-state index in [1.165, 1.54) is 10.6 Å². The minimum absolute atomic E-state index is 0.